The normalized spacial score (nSPS) is 30.7. The third kappa shape index (κ3) is 2.65. The van der Waals surface area contributed by atoms with Gasteiger partial charge in [-0.05, 0) is 32.1 Å². The van der Waals surface area contributed by atoms with Crippen molar-refractivity contribution in [1.82, 2.24) is 14.9 Å². The molecule has 2 saturated carbocycles. The van der Waals surface area contributed by atoms with E-state index in [1.54, 1.807) is 18.0 Å². The van der Waals surface area contributed by atoms with Gasteiger partial charge in [0.15, 0.2) is 5.16 Å². The molecule has 5 nitrogen and oxygen atoms in total. The number of imidazole rings is 1. The van der Waals surface area contributed by atoms with Crippen LogP contribution >= 0.6 is 11.8 Å². The van der Waals surface area contributed by atoms with Crippen molar-refractivity contribution in [3.63, 3.8) is 0 Å². The summed E-state index contributed by atoms with van der Waals surface area (Å²) in [6, 6.07) is 0.424. The zero-order valence-corrected chi connectivity index (χ0v) is 11.8. The van der Waals surface area contributed by atoms with E-state index in [-0.39, 0.29) is 0 Å². The molecule has 2 fully saturated rings. The van der Waals surface area contributed by atoms with Crippen molar-refractivity contribution >= 4 is 17.7 Å². The average molecular weight is 281 g/mol. The van der Waals surface area contributed by atoms with Crippen LogP contribution in [0.1, 0.15) is 32.1 Å². The van der Waals surface area contributed by atoms with Crippen LogP contribution in [0.5, 0.6) is 0 Å². The van der Waals surface area contributed by atoms with Crippen LogP contribution < -0.4 is 5.32 Å². The Morgan fingerprint density at radius 2 is 2.37 bits per heavy atom. The van der Waals surface area contributed by atoms with Crippen molar-refractivity contribution < 1.29 is 9.90 Å². The van der Waals surface area contributed by atoms with Gasteiger partial charge >= 0.3 is 5.97 Å². The molecule has 0 spiro atoms. The zero-order chi connectivity index (χ0) is 13.5. The molecule has 1 heterocycles. The van der Waals surface area contributed by atoms with E-state index in [9.17, 15) is 9.90 Å². The number of carbonyl (C=O) groups is 1. The molecule has 0 aromatic carbocycles. The summed E-state index contributed by atoms with van der Waals surface area (Å²) in [6.45, 7) is 0. The van der Waals surface area contributed by atoms with Gasteiger partial charge in [-0.2, -0.15) is 0 Å². The Bertz CT molecular complexity index is 486. The second kappa shape index (κ2) is 4.83. The van der Waals surface area contributed by atoms with E-state index in [4.69, 9.17) is 0 Å². The number of thioether (sulfide) groups is 1. The van der Waals surface area contributed by atoms with Crippen molar-refractivity contribution in [1.29, 1.82) is 0 Å². The van der Waals surface area contributed by atoms with Gasteiger partial charge < -0.3 is 9.67 Å². The number of nitrogens with zero attached hydrogens (tertiary/aromatic N) is 2. The standard InChI is InChI=1S/C13H19N3O2S/c1-16-7-6-14-12(16)19-10-4-5-13(8-10,11(17)18)15-9-2-3-9/h6-7,9-10,15H,2-5,8H2,1H3,(H,17,18). The number of hydrogen-bond acceptors (Lipinski definition) is 4. The van der Waals surface area contributed by atoms with Crippen LogP contribution in [0.4, 0.5) is 0 Å². The minimum absolute atomic E-state index is 0.337. The van der Waals surface area contributed by atoms with Gasteiger partial charge in [-0.25, -0.2) is 4.98 Å². The first-order valence-corrected chi connectivity index (χ1v) is 7.62. The Balaban J connectivity index is 1.67. The monoisotopic (exact) mass is 281 g/mol. The van der Waals surface area contributed by atoms with Crippen LogP contribution in [0.3, 0.4) is 0 Å². The van der Waals surface area contributed by atoms with Gasteiger partial charge in [-0.15, -0.1) is 0 Å². The molecule has 0 amide bonds. The van der Waals surface area contributed by atoms with E-state index in [0.717, 1.165) is 30.8 Å². The topological polar surface area (TPSA) is 67.2 Å². The SMILES string of the molecule is Cn1ccnc1SC1CCC(NC2CC2)(C(=O)O)C1. The average Bonchev–Trinajstić information content (AvgIpc) is 2.93. The van der Waals surface area contributed by atoms with Gasteiger partial charge in [0.2, 0.25) is 0 Å². The molecule has 0 saturated heterocycles. The van der Waals surface area contributed by atoms with Crippen LogP contribution in [-0.2, 0) is 11.8 Å². The number of carboxylic acids is 1. The molecule has 2 aliphatic rings. The summed E-state index contributed by atoms with van der Waals surface area (Å²) in [5.41, 5.74) is -0.704. The Morgan fingerprint density at radius 3 is 2.95 bits per heavy atom. The van der Waals surface area contributed by atoms with E-state index in [1.807, 2.05) is 17.8 Å². The first kappa shape index (κ1) is 13.0. The maximum atomic E-state index is 11.6. The molecule has 2 aliphatic carbocycles. The lowest BCUT2D eigenvalue weighted by Gasteiger charge is -2.26. The molecule has 1 aromatic rings. The Morgan fingerprint density at radius 1 is 1.58 bits per heavy atom. The molecule has 104 valence electrons. The quantitative estimate of drug-likeness (QED) is 0.859. The Hall–Kier alpha value is -1.01. The number of rotatable bonds is 5. The van der Waals surface area contributed by atoms with Crippen LogP contribution in [0, 0.1) is 0 Å². The number of nitrogens with one attached hydrogen (secondary N) is 1. The lowest BCUT2D eigenvalue weighted by molar-refractivity contribution is -0.144. The highest BCUT2D eigenvalue weighted by Crippen LogP contribution is 2.41. The van der Waals surface area contributed by atoms with Gasteiger partial charge in [0.1, 0.15) is 5.54 Å². The highest BCUT2D eigenvalue weighted by molar-refractivity contribution is 7.99. The molecule has 2 N–H and O–H groups in total. The molecule has 2 unspecified atom stereocenters. The summed E-state index contributed by atoms with van der Waals surface area (Å²) in [7, 11) is 1.97. The van der Waals surface area contributed by atoms with E-state index in [1.165, 1.54) is 0 Å². The minimum atomic E-state index is -0.704. The van der Waals surface area contributed by atoms with E-state index >= 15 is 0 Å². The Labute approximate surface area is 116 Å². The second-order valence-electron chi connectivity index (χ2n) is 5.61. The molecule has 2 atom stereocenters. The maximum absolute atomic E-state index is 11.6. The smallest absolute Gasteiger partial charge is 0.323 e. The fraction of sp³-hybridized carbons (Fsp3) is 0.692. The van der Waals surface area contributed by atoms with Gasteiger partial charge in [0.05, 0.1) is 0 Å². The number of carboxylic acid groups (broad SMARTS) is 1. The van der Waals surface area contributed by atoms with E-state index in [0.29, 0.717) is 17.7 Å². The van der Waals surface area contributed by atoms with Gasteiger partial charge in [0.25, 0.3) is 0 Å². The lowest BCUT2D eigenvalue weighted by atomic mass is 9.98. The molecular weight excluding hydrogens is 262 g/mol. The zero-order valence-electron chi connectivity index (χ0n) is 11.0. The summed E-state index contributed by atoms with van der Waals surface area (Å²) >= 11 is 1.70. The molecule has 0 bridgehead atoms. The summed E-state index contributed by atoms with van der Waals surface area (Å²) in [4.78, 5) is 15.9. The van der Waals surface area contributed by atoms with Crippen LogP contribution in [-0.4, -0.2) is 37.5 Å². The molecule has 0 aliphatic heterocycles. The van der Waals surface area contributed by atoms with Gasteiger partial charge in [-0.1, -0.05) is 11.8 Å². The minimum Gasteiger partial charge on any atom is -0.480 e. The first-order valence-electron chi connectivity index (χ1n) is 6.74. The molecule has 1 aromatic heterocycles. The Kier molecular flexibility index (Phi) is 3.30. The number of hydrogen-bond donors (Lipinski definition) is 2. The number of aromatic nitrogens is 2. The van der Waals surface area contributed by atoms with Crippen molar-refractivity contribution in [3.05, 3.63) is 12.4 Å². The van der Waals surface area contributed by atoms with E-state index in [2.05, 4.69) is 10.3 Å². The van der Waals surface area contributed by atoms with Crippen molar-refractivity contribution in [2.75, 3.05) is 0 Å². The predicted octanol–water partition coefficient (Wildman–Crippen LogP) is 1.64. The van der Waals surface area contributed by atoms with Crippen LogP contribution in [0.2, 0.25) is 0 Å². The molecule has 19 heavy (non-hydrogen) atoms. The van der Waals surface area contributed by atoms with Gasteiger partial charge in [0, 0.05) is 30.7 Å². The number of aryl methyl sites for hydroxylation is 1. The summed E-state index contributed by atoms with van der Waals surface area (Å²) in [5, 5.41) is 14.2. The van der Waals surface area contributed by atoms with E-state index < -0.39 is 11.5 Å². The third-order valence-corrected chi connectivity index (χ3v) is 5.33. The fourth-order valence-electron chi connectivity index (χ4n) is 2.72. The third-order valence-electron chi connectivity index (χ3n) is 3.99. The predicted molar refractivity (Wildman–Crippen MR) is 73.2 cm³/mol. The number of aliphatic carboxylic acids is 1. The maximum Gasteiger partial charge on any atom is 0.323 e. The van der Waals surface area contributed by atoms with Crippen molar-refractivity contribution in [3.8, 4) is 0 Å². The summed E-state index contributed by atoms with van der Waals surface area (Å²) in [5.74, 6) is -0.692. The fourth-order valence-corrected chi connectivity index (χ4v) is 3.97. The van der Waals surface area contributed by atoms with Crippen LogP contribution in [0.15, 0.2) is 17.6 Å². The molecule has 0 radical (unpaired) electrons. The van der Waals surface area contributed by atoms with Crippen LogP contribution in [0.25, 0.3) is 0 Å². The highest BCUT2D eigenvalue weighted by atomic mass is 32.2. The van der Waals surface area contributed by atoms with Crippen molar-refractivity contribution in [2.24, 2.45) is 7.05 Å². The first-order chi connectivity index (χ1) is 9.09. The second-order valence-corrected chi connectivity index (χ2v) is 6.88. The molecular formula is C13H19N3O2S. The largest absolute Gasteiger partial charge is 0.480 e. The van der Waals surface area contributed by atoms with Crippen molar-refractivity contribution in [2.45, 2.75) is 54.1 Å². The summed E-state index contributed by atoms with van der Waals surface area (Å²) < 4.78 is 1.99. The lowest BCUT2D eigenvalue weighted by Crippen LogP contribution is -2.51. The molecule has 6 heteroatoms. The highest BCUT2D eigenvalue weighted by Gasteiger charge is 2.48. The van der Waals surface area contributed by atoms with Gasteiger partial charge in [-0.3, -0.25) is 10.1 Å². The summed E-state index contributed by atoms with van der Waals surface area (Å²) in [6.07, 6.45) is 8.29. The molecule has 3 rings (SSSR count).